The topological polar surface area (TPSA) is 64.2 Å². The van der Waals surface area contributed by atoms with Crippen LogP contribution >= 0.6 is 0 Å². The molecule has 0 aliphatic carbocycles. The maximum absolute atomic E-state index is 11.4. The molecule has 1 aliphatic heterocycles. The molecule has 1 aliphatic rings. The number of aryl methyl sites for hydroxylation is 1. The van der Waals surface area contributed by atoms with E-state index in [0.29, 0.717) is 6.42 Å². The Balaban J connectivity index is 2.30. The smallest absolute Gasteiger partial charge is 0.224 e. The quantitative estimate of drug-likeness (QED) is 0.664. The van der Waals surface area contributed by atoms with Crippen LogP contribution < -0.4 is 5.73 Å². The van der Waals surface area contributed by atoms with Crippen LogP contribution in [0.15, 0.2) is 12.4 Å². The van der Waals surface area contributed by atoms with Gasteiger partial charge in [0.05, 0.1) is 12.2 Å². The number of hydrogen-bond donors (Lipinski definition) is 1. The second-order valence-electron chi connectivity index (χ2n) is 3.76. The molecule has 2 rings (SSSR count). The number of likely N-dealkylation sites (N-methyl/N-ethyl adjacent to an activating group) is 1. The van der Waals surface area contributed by atoms with Gasteiger partial charge in [0.2, 0.25) is 5.91 Å². The van der Waals surface area contributed by atoms with Crippen LogP contribution in [0, 0.1) is 0 Å². The van der Waals surface area contributed by atoms with Crippen LogP contribution in [0.3, 0.4) is 0 Å². The number of nitrogens with zero attached hydrogens (tertiary/aromatic N) is 3. The molecule has 2 N–H and O–H groups in total. The monoisotopic (exact) mass is 194 g/mol. The molecule has 14 heavy (non-hydrogen) atoms. The molecule has 1 saturated heterocycles. The van der Waals surface area contributed by atoms with Gasteiger partial charge in [-0.15, -0.1) is 0 Å². The Morgan fingerprint density at radius 3 is 2.71 bits per heavy atom. The minimum atomic E-state index is -0.114. The Morgan fingerprint density at radius 1 is 1.57 bits per heavy atom. The zero-order valence-electron chi connectivity index (χ0n) is 8.34. The van der Waals surface area contributed by atoms with Gasteiger partial charge in [-0.05, 0) is 0 Å². The first-order chi connectivity index (χ1) is 6.59. The highest BCUT2D eigenvalue weighted by molar-refractivity contribution is 5.80. The predicted molar refractivity (Wildman–Crippen MR) is 51.3 cm³/mol. The van der Waals surface area contributed by atoms with Gasteiger partial charge in [-0.2, -0.15) is 5.10 Å². The fourth-order valence-electron chi connectivity index (χ4n) is 1.96. The van der Waals surface area contributed by atoms with Crippen molar-refractivity contribution in [1.82, 2.24) is 14.7 Å². The SMILES string of the molecule is CN1C(=O)C[C@H](N)[C@H]1c1cnn(C)c1. The number of nitrogens with two attached hydrogens (primary N) is 1. The van der Waals surface area contributed by atoms with Crippen LogP contribution in [0.2, 0.25) is 0 Å². The van der Waals surface area contributed by atoms with Crippen molar-refractivity contribution in [2.24, 2.45) is 12.8 Å². The molecule has 1 fully saturated rings. The third-order valence-electron chi connectivity index (χ3n) is 2.69. The van der Waals surface area contributed by atoms with Crippen LogP contribution in [0.1, 0.15) is 18.0 Å². The van der Waals surface area contributed by atoms with Crippen LogP contribution in [0.4, 0.5) is 0 Å². The normalized spacial score (nSPS) is 27.4. The average molecular weight is 194 g/mol. The fraction of sp³-hybridized carbons (Fsp3) is 0.556. The molecule has 0 spiro atoms. The first kappa shape index (κ1) is 9.21. The molecule has 0 radical (unpaired) electrons. The number of aromatic nitrogens is 2. The number of carbonyl (C=O) groups excluding carboxylic acids is 1. The molecule has 5 heteroatoms. The van der Waals surface area contributed by atoms with Gasteiger partial charge in [0, 0.05) is 38.3 Å². The summed E-state index contributed by atoms with van der Waals surface area (Å²) < 4.78 is 1.72. The second-order valence-corrected chi connectivity index (χ2v) is 3.76. The molecule has 76 valence electrons. The van der Waals surface area contributed by atoms with Crippen LogP contribution in [0.25, 0.3) is 0 Å². The van der Waals surface area contributed by atoms with Gasteiger partial charge in [-0.25, -0.2) is 0 Å². The van der Waals surface area contributed by atoms with E-state index in [2.05, 4.69) is 5.10 Å². The van der Waals surface area contributed by atoms with E-state index in [1.807, 2.05) is 13.2 Å². The lowest BCUT2D eigenvalue weighted by molar-refractivity contribution is -0.127. The van der Waals surface area contributed by atoms with E-state index in [-0.39, 0.29) is 18.0 Å². The Bertz CT molecular complexity index is 359. The third kappa shape index (κ3) is 1.29. The summed E-state index contributed by atoms with van der Waals surface area (Å²) in [5.41, 5.74) is 6.91. The molecule has 0 saturated carbocycles. The molecule has 0 aromatic carbocycles. The molecular weight excluding hydrogens is 180 g/mol. The minimum absolute atomic E-state index is 0.0174. The van der Waals surface area contributed by atoms with Crippen molar-refractivity contribution >= 4 is 5.91 Å². The molecule has 1 aromatic heterocycles. The molecule has 1 aromatic rings. The summed E-state index contributed by atoms with van der Waals surface area (Å²) in [6, 6.07) is -0.132. The zero-order valence-corrected chi connectivity index (χ0v) is 8.34. The standard InChI is InChI=1S/C9H14N4O/c1-12-5-6(4-11-12)9-7(10)3-8(14)13(9)2/h4-5,7,9H,3,10H2,1-2H3/t7-,9+/m0/s1. The summed E-state index contributed by atoms with van der Waals surface area (Å²) in [6.45, 7) is 0. The Labute approximate surface area is 82.5 Å². The summed E-state index contributed by atoms with van der Waals surface area (Å²) in [7, 11) is 3.64. The third-order valence-corrected chi connectivity index (χ3v) is 2.69. The van der Waals surface area contributed by atoms with Gasteiger partial charge in [0.15, 0.2) is 0 Å². The van der Waals surface area contributed by atoms with Gasteiger partial charge in [-0.3, -0.25) is 9.48 Å². The lowest BCUT2D eigenvalue weighted by Crippen LogP contribution is -2.29. The molecule has 2 atom stereocenters. The van der Waals surface area contributed by atoms with Crippen molar-refractivity contribution in [3.63, 3.8) is 0 Å². The number of carbonyl (C=O) groups is 1. The van der Waals surface area contributed by atoms with Crippen LogP contribution in [-0.4, -0.2) is 33.7 Å². The lowest BCUT2D eigenvalue weighted by Gasteiger charge is -2.21. The Hall–Kier alpha value is -1.36. The molecule has 1 amide bonds. The summed E-state index contributed by atoms with van der Waals surface area (Å²) in [4.78, 5) is 13.1. The van der Waals surface area contributed by atoms with Crippen molar-refractivity contribution in [2.75, 3.05) is 7.05 Å². The second kappa shape index (κ2) is 3.09. The average Bonchev–Trinajstić information content (AvgIpc) is 2.60. The van der Waals surface area contributed by atoms with Crippen molar-refractivity contribution < 1.29 is 4.79 Å². The molecule has 0 unspecified atom stereocenters. The van der Waals surface area contributed by atoms with Gasteiger partial charge in [0.25, 0.3) is 0 Å². The van der Waals surface area contributed by atoms with Crippen molar-refractivity contribution in [2.45, 2.75) is 18.5 Å². The highest BCUT2D eigenvalue weighted by atomic mass is 16.2. The van der Waals surface area contributed by atoms with Crippen molar-refractivity contribution in [3.8, 4) is 0 Å². The molecule has 2 heterocycles. The summed E-state index contributed by atoms with van der Waals surface area (Å²) >= 11 is 0. The van der Waals surface area contributed by atoms with Crippen molar-refractivity contribution in [3.05, 3.63) is 18.0 Å². The first-order valence-corrected chi connectivity index (χ1v) is 4.59. The summed E-state index contributed by atoms with van der Waals surface area (Å²) in [5, 5.41) is 4.08. The van der Waals surface area contributed by atoms with E-state index < -0.39 is 0 Å². The van der Waals surface area contributed by atoms with E-state index in [4.69, 9.17) is 5.73 Å². The van der Waals surface area contributed by atoms with E-state index in [1.165, 1.54) is 0 Å². The highest BCUT2D eigenvalue weighted by Gasteiger charge is 2.36. The Kier molecular flexibility index (Phi) is 2.03. The van der Waals surface area contributed by atoms with Crippen LogP contribution in [0.5, 0.6) is 0 Å². The van der Waals surface area contributed by atoms with E-state index in [1.54, 1.807) is 22.8 Å². The Morgan fingerprint density at radius 2 is 2.29 bits per heavy atom. The minimum Gasteiger partial charge on any atom is -0.337 e. The van der Waals surface area contributed by atoms with Gasteiger partial charge in [-0.1, -0.05) is 0 Å². The number of likely N-dealkylation sites (tertiary alicyclic amines) is 1. The lowest BCUT2D eigenvalue weighted by atomic mass is 10.1. The highest BCUT2D eigenvalue weighted by Crippen LogP contribution is 2.29. The summed E-state index contributed by atoms with van der Waals surface area (Å²) in [5.74, 6) is 0.103. The molecular formula is C9H14N4O. The largest absolute Gasteiger partial charge is 0.337 e. The number of amides is 1. The van der Waals surface area contributed by atoms with Gasteiger partial charge >= 0.3 is 0 Å². The van der Waals surface area contributed by atoms with Gasteiger partial charge < -0.3 is 10.6 Å². The fourth-order valence-corrected chi connectivity index (χ4v) is 1.96. The van der Waals surface area contributed by atoms with E-state index in [0.717, 1.165) is 5.56 Å². The van der Waals surface area contributed by atoms with Crippen molar-refractivity contribution in [1.29, 1.82) is 0 Å². The number of rotatable bonds is 1. The van der Waals surface area contributed by atoms with Crippen LogP contribution in [-0.2, 0) is 11.8 Å². The zero-order chi connectivity index (χ0) is 10.3. The van der Waals surface area contributed by atoms with E-state index in [9.17, 15) is 4.79 Å². The number of hydrogen-bond acceptors (Lipinski definition) is 3. The maximum atomic E-state index is 11.4. The maximum Gasteiger partial charge on any atom is 0.224 e. The van der Waals surface area contributed by atoms with Gasteiger partial charge in [0.1, 0.15) is 0 Å². The predicted octanol–water partition coefficient (Wildman–Crippen LogP) is -0.349. The first-order valence-electron chi connectivity index (χ1n) is 4.59. The van der Waals surface area contributed by atoms with E-state index >= 15 is 0 Å². The summed E-state index contributed by atoms with van der Waals surface area (Å²) in [6.07, 6.45) is 4.09. The molecule has 5 nitrogen and oxygen atoms in total. The molecule has 0 bridgehead atoms.